The number of carbonyl (C=O) groups is 2. The van der Waals surface area contributed by atoms with Crippen LogP contribution < -0.4 is 15.5 Å². The second-order valence-corrected chi connectivity index (χ2v) is 8.23. The zero-order valence-corrected chi connectivity index (χ0v) is 20.0. The SMILES string of the molecule is CCOC(=O)C1(N(C(=S)Nc2cnc(C#N)c(C(F)(F)F)c2)c2ccc(C(=O)NC)c(F)c2)CCC1. The lowest BCUT2D eigenvalue weighted by Crippen LogP contribution is -2.63. The van der Waals surface area contributed by atoms with Crippen LogP contribution in [0.3, 0.4) is 0 Å². The van der Waals surface area contributed by atoms with E-state index in [2.05, 4.69) is 15.6 Å². The van der Waals surface area contributed by atoms with Crippen molar-refractivity contribution < 1.29 is 31.9 Å². The topological polar surface area (TPSA) is 107 Å². The molecular weight excluding hydrogens is 502 g/mol. The maximum absolute atomic E-state index is 14.8. The number of hydrogen-bond donors (Lipinski definition) is 2. The molecule has 8 nitrogen and oxygen atoms in total. The Labute approximate surface area is 209 Å². The molecule has 0 spiro atoms. The van der Waals surface area contributed by atoms with E-state index in [9.17, 15) is 27.2 Å². The van der Waals surface area contributed by atoms with E-state index in [4.69, 9.17) is 22.2 Å². The van der Waals surface area contributed by atoms with Crippen LogP contribution in [-0.2, 0) is 15.7 Å². The van der Waals surface area contributed by atoms with Gasteiger partial charge in [-0.25, -0.2) is 14.2 Å². The first kappa shape index (κ1) is 26.8. The Morgan fingerprint density at radius 1 is 1.31 bits per heavy atom. The Bertz CT molecular complexity index is 1240. The molecule has 1 saturated carbocycles. The van der Waals surface area contributed by atoms with E-state index < -0.39 is 40.7 Å². The number of hydrogen-bond acceptors (Lipinski definition) is 6. The normalized spacial score (nSPS) is 14.1. The number of esters is 1. The van der Waals surface area contributed by atoms with Crippen LogP contribution in [0.1, 0.15) is 47.8 Å². The van der Waals surface area contributed by atoms with Crippen molar-refractivity contribution >= 4 is 40.6 Å². The number of thiocarbonyl (C=S) groups is 1. The van der Waals surface area contributed by atoms with Gasteiger partial charge in [-0.1, -0.05) is 0 Å². The molecule has 2 aromatic rings. The summed E-state index contributed by atoms with van der Waals surface area (Å²) in [6, 6.07) is 5.65. The van der Waals surface area contributed by atoms with Gasteiger partial charge in [0.1, 0.15) is 17.4 Å². The van der Waals surface area contributed by atoms with Gasteiger partial charge in [0, 0.05) is 12.7 Å². The molecule has 1 aromatic heterocycles. The summed E-state index contributed by atoms with van der Waals surface area (Å²) in [6.07, 6.45) is -2.67. The van der Waals surface area contributed by atoms with Gasteiger partial charge in [0.15, 0.2) is 10.8 Å². The minimum absolute atomic E-state index is 0.0626. The van der Waals surface area contributed by atoms with E-state index in [1.807, 2.05) is 0 Å². The number of amides is 1. The lowest BCUT2D eigenvalue weighted by atomic mass is 9.75. The Balaban J connectivity index is 2.07. The van der Waals surface area contributed by atoms with Crippen LogP contribution in [0, 0.1) is 17.1 Å². The van der Waals surface area contributed by atoms with Crippen LogP contribution >= 0.6 is 12.2 Å². The second-order valence-electron chi connectivity index (χ2n) is 7.84. The van der Waals surface area contributed by atoms with Crippen molar-refractivity contribution in [1.29, 1.82) is 5.26 Å². The summed E-state index contributed by atoms with van der Waals surface area (Å²) in [5.74, 6) is -2.19. The van der Waals surface area contributed by atoms with Crippen molar-refractivity contribution in [3.05, 3.63) is 53.1 Å². The number of ether oxygens (including phenoxy) is 1. The Morgan fingerprint density at radius 3 is 2.50 bits per heavy atom. The van der Waals surface area contributed by atoms with Crippen molar-refractivity contribution in [2.45, 2.75) is 37.9 Å². The molecule has 0 radical (unpaired) electrons. The summed E-state index contributed by atoms with van der Waals surface area (Å²) in [5.41, 5.74) is -3.78. The second kappa shape index (κ2) is 10.4. The predicted molar refractivity (Wildman–Crippen MR) is 126 cm³/mol. The quantitative estimate of drug-likeness (QED) is 0.330. The molecule has 0 unspecified atom stereocenters. The molecule has 1 heterocycles. The van der Waals surface area contributed by atoms with E-state index >= 15 is 0 Å². The smallest absolute Gasteiger partial charge is 0.419 e. The lowest BCUT2D eigenvalue weighted by Gasteiger charge is -2.48. The van der Waals surface area contributed by atoms with Gasteiger partial charge in [0.05, 0.1) is 29.6 Å². The van der Waals surface area contributed by atoms with Crippen LogP contribution in [0.25, 0.3) is 0 Å². The maximum Gasteiger partial charge on any atom is 0.419 e. The number of alkyl halides is 3. The number of nitrogens with one attached hydrogen (secondary N) is 2. The number of benzene rings is 1. The van der Waals surface area contributed by atoms with Gasteiger partial charge in [-0.2, -0.15) is 18.4 Å². The minimum atomic E-state index is -4.85. The van der Waals surface area contributed by atoms with E-state index in [1.165, 1.54) is 30.1 Å². The fourth-order valence-corrected chi connectivity index (χ4v) is 4.23. The first-order valence-electron chi connectivity index (χ1n) is 10.8. The van der Waals surface area contributed by atoms with E-state index in [0.717, 1.165) is 12.3 Å². The molecule has 1 fully saturated rings. The van der Waals surface area contributed by atoms with Gasteiger partial charge in [-0.3, -0.25) is 4.79 Å². The fourth-order valence-electron chi connectivity index (χ4n) is 3.83. The molecular formula is C23H21F4N5O3S. The summed E-state index contributed by atoms with van der Waals surface area (Å²) >= 11 is 5.47. The summed E-state index contributed by atoms with van der Waals surface area (Å²) in [6.45, 7) is 1.68. The van der Waals surface area contributed by atoms with Crippen molar-refractivity contribution in [2.75, 3.05) is 23.9 Å². The number of nitriles is 1. The molecule has 1 aromatic carbocycles. The van der Waals surface area contributed by atoms with Crippen LogP contribution in [0.2, 0.25) is 0 Å². The molecule has 3 rings (SSSR count). The van der Waals surface area contributed by atoms with Crippen LogP contribution in [0.5, 0.6) is 0 Å². The minimum Gasteiger partial charge on any atom is -0.464 e. The molecule has 0 aliphatic heterocycles. The van der Waals surface area contributed by atoms with Gasteiger partial charge in [0.2, 0.25) is 0 Å². The van der Waals surface area contributed by atoms with Gasteiger partial charge in [-0.15, -0.1) is 0 Å². The highest BCUT2D eigenvalue weighted by Gasteiger charge is 2.52. The molecule has 190 valence electrons. The number of halogens is 4. The van der Waals surface area contributed by atoms with Crippen LogP contribution in [0.15, 0.2) is 30.5 Å². The largest absolute Gasteiger partial charge is 0.464 e. The highest BCUT2D eigenvalue weighted by molar-refractivity contribution is 7.80. The summed E-state index contributed by atoms with van der Waals surface area (Å²) < 4.78 is 60.3. The molecule has 1 aliphatic rings. The molecule has 1 amide bonds. The third-order valence-electron chi connectivity index (χ3n) is 5.70. The molecule has 1 aliphatic carbocycles. The van der Waals surface area contributed by atoms with Gasteiger partial charge in [-0.05, 0) is 62.7 Å². The van der Waals surface area contributed by atoms with Crippen LogP contribution in [-0.4, -0.2) is 41.2 Å². The standard InChI is InChI=1S/C23H21F4N5O3S/c1-3-35-20(34)22(7-4-8-22)32(14-5-6-15(17(24)10-14)19(33)29-2)21(36)31-13-9-16(23(25,26)27)18(11-28)30-12-13/h5-6,9-10,12H,3-4,7-8H2,1-2H3,(H,29,33)(H,31,36). The Kier molecular flexibility index (Phi) is 7.78. The van der Waals surface area contributed by atoms with E-state index in [1.54, 1.807) is 6.92 Å². The predicted octanol–water partition coefficient (Wildman–Crippen LogP) is 4.16. The third kappa shape index (κ3) is 5.08. The average Bonchev–Trinajstić information content (AvgIpc) is 2.80. The first-order valence-corrected chi connectivity index (χ1v) is 11.2. The monoisotopic (exact) mass is 523 g/mol. The number of carbonyl (C=O) groups excluding carboxylic acids is 2. The van der Waals surface area contributed by atoms with Crippen LogP contribution in [0.4, 0.5) is 28.9 Å². The third-order valence-corrected chi connectivity index (χ3v) is 5.98. The zero-order chi connectivity index (χ0) is 26.7. The molecule has 13 heteroatoms. The number of anilines is 2. The lowest BCUT2D eigenvalue weighted by molar-refractivity contribution is -0.152. The Hall–Kier alpha value is -3.79. The summed E-state index contributed by atoms with van der Waals surface area (Å²) in [4.78, 5) is 29.7. The molecule has 0 atom stereocenters. The highest BCUT2D eigenvalue weighted by Crippen LogP contribution is 2.42. The van der Waals surface area contributed by atoms with Gasteiger partial charge >= 0.3 is 12.1 Å². The van der Waals surface area contributed by atoms with E-state index in [-0.39, 0.29) is 41.5 Å². The van der Waals surface area contributed by atoms with Crippen molar-refractivity contribution in [3.63, 3.8) is 0 Å². The van der Waals surface area contributed by atoms with Gasteiger partial charge in [0.25, 0.3) is 5.91 Å². The zero-order valence-electron chi connectivity index (χ0n) is 19.2. The molecule has 0 bridgehead atoms. The number of rotatable bonds is 6. The van der Waals surface area contributed by atoms with Gasteiger partial charge < -0.3 is 20.3 Å². The summed E-state index contributed by atoms with van der Waals surface area (Å²) in [5, 5.41) is 13.7. The van der Waals surface area contributed by atoms with Crippen molar-refractivity contribution in [1.82, 2.24) is 10.3 Å². The molecule has 2 N–H and O–H groups in total. The van der Waals surface area contributed by atoms with Crippen molar-refractivity contribution in [2.24, 2.45) is 0 Å². The number of nitrogens with zero attached hydrogens (tertiary/aromatic N) is 3. The molecule has 36 heavy (non-hydrogen) atoms. The first-order chi connectivity index (χ1) is 17.0. The Morgan fingerprint density at radius 2 is 2.00 bits per heavy atom. The summed E-state index contributed by atoms with van der Waals surface area (Å²) in [7, 11) is 1.34. The van der Waals surface area contributed by atoms with Crippen molar-refractivity contribution in [3.8, 4) is 6.07 Å². The molecule has 0 saturated heterocycles. The van der Waals surface area contributed by atoms with E-state index in [0.29, 0.717) is 12.5 Å². The number of aromatic nitrogens is 1. The maximum atomic E-state index is 14.8. The number of pyridine rings is 1. The highest BCUT2D eigenvalue weighted by atomic mass is 32.1. The average molecular weight is 524 g/mol. The fraction of sp³-hybridized carbons (Fsp3) is 0.348.